The van der Waals surface area contributed by atoms with Crippen molar-refractivity contribution in [3.8, 4) is 0 Å². The van der Waals surface area contributed by atoms with E-state index in [0.29, 0.717) is 6.42 Å². The molecule has 0 aromatic rings. The minimum absolute atomic E-state index is 0.102. The Hall–Kier alpha value is -1.10. The molecule has 0 aliphatic rings. The van der Waals surface area contributed by atoms with Crippen molar-refractivity contribution in [3.05, 3.63) is 0 Å². The predicted octanol–water partition coefficient (Wildman–Crippen LogP) is 0.587. The van der Waals surface area contributed by atoms with Crippen LogP contribution in [0.25, 0.3) is 0 Å². The van der Waals surface area contributed by atoms with Gasteiger partial charge in [0.2, 0.25) is 5.91 Å². The molecule has 0 aromatic carbocycles. The first-order chi connectivity index (χ1) is 7.26. The van der Waals surface area contributed by atoms with E-state index in [9.17, 15) is 9.59 Å². The lowest BCUT2D eigenvalue weighted by Gasteiger charge is -2.26. The predicted molar refractivity (Wildman–Crippen MR) is 61.9 cm³/mol. The molecule has 0 bridgehead atoms. The topological polar surface area (TPSA) is 92.4 Å². The highest BCUT2D eigenvalue weighted by atomic mass is 16.4. The molecule has 0 aliphatic heterocycles. The number of carboxylic acids is 1. The second-order valence-electron chi connectivity index (χ2n) is 4.76. The summed E-state index contributed by atoms with van der Waals surface area (Å²) in [7, 11) is 0. The Labute approximate surface area is 96.4 Å². The van der Waals surface area contributed by atoms with Crippen LogP contribution in [-0.2, 0) is 9.59 Å². The van der Waals surface area contributed by atoms with Gasteiger partial charge in [-0.1, -0.05) is 20.3 Å². The Bertz CT molecular complexity index is 264. The molecule has 0 saturated heterocycles. The van der Waals surface area contributed by atoms with Gasteiger partial charge in [-0.2, -0.15) is 0 Å². The number of rotatable bonds is 6. The fourth-order valence-electron chi connectivity index (χ4n) is 1.11. The fraction of sp³-hybridized carbons (Fsp3) is 0.818. The minimum atomic E-state index is -1.00. The van der Waals surface area contributed by atoms with Gasteiger partial charge in [0.05, 0.1) is 5.41 Å². The van der Waals surface area contributed by atoms with E-state index in [1.165, 1.54) is 0 Å². The number of nitrogens with two attached hydrogens (primary N) is 1. The van der Waals surface area contributed by atoms with E-state index in [4.69, 9.17) is 10.8 Å². The lowest BCUT2D eigenvalue weighted by Crippen LogP contribution is -2.51. The van der Waals surface area contributed by atoms with Crippen molar-refractivity contribution in [1.29, 1.82) is 0 Å². The monoisotopic (exact) mass is 230 g/mol. The maximum Gasteiger partial charge on any atom is 0.326 e. The van der Waals surface area contributed by atoms with Gasteiger partial charge in [0.15, 0.2) is 0 Å². The van der Waals surface area contributed by atoms with Gasteiger partial charge in [0.1, 0.15) is 6.04 Å². The van der Waals surface area contributed by atoms with Gasteiger partial charge < -0.3 is 16.2 Å². The van der Waals surface area contributed by atoms with Gasteiger partial charge in [-0.15, -0.1) is 0 Å². The van der Waals surface area contributed by atoms with Crippen molar-refractivity contribution in [2.45, 2.75) is 40.2 Å². The number of amides is 1. The first-order valence-corrected chi connectivity index (χ1v) is 5.50. The lowest BCUT2D eigenvalue weighted by molar-refractivity contribution is -0.144. The van der Waals surface area contributed by atoms with E-state index in [2.05, 4.69) is 5.32 Å². The summed E-state index contributed by atoms with van der Waals surface area (Å²) in [5.74, 6) is -1.42. The van der Waals surface area contributed by atoms with Gasteiger partial charge in [-0.3, -0.25) is 4.79 Å². The molecule has 1 amide bonds. The third kappa shape index (κ3) is 3.81. The summed E-state index contributed by atoms with van der Waals surface area (Å²) in [6.45, 7) is 7.26. The molecule has 0 saturated carbocycles. The Morgan fingerprint density at radius 3 is 2.25 bits per heavy atom. The lowest BCUT2D eigenvalue weighted by atomic mass is 9.91. The molecule has 5 heteroatoms. The Kier molecular flexibility index (Phi) is 5.44. The van der Waals surface area contributed by atoms with Crippen LogP contribution >= 0.6 is 0 Å². The van der Waals surface area contributed by atoms with Crippen LogP contribution in [0.4, 0.5) is 0 Å². The second-order valence-corrected chi connectivity index (χ2v) is 4.76. The molecule has 0 spiro atoms. The number of hydrogen-bond acceptors (Lipinski definition) is 3. The van der Waals surface area contributed by atoms with Crippen LogP contribution in [0.3, 0.4) is 0 Å². The summed E-state index contributed by atoms with van der Waals surface area (Å²) in [6.07, 6.45) is 0.695. The summed E-state index contributed by atoms with van der Waals surface area (Å²) in [5.41, 5.74) is 4.72. The van der Waals surface area contributed by atoms with Crippen molar-refractivity contribution in [3.63, 3.8) is 0 Å². The zero-order valence-corrected chi connectivity index (χ0v) is 10.4. The second kappa shape index (κ2) is 5.84. The maximum absolute atomic E-state index is 11.8. The van der Waals surface area contributed by atoms with Crippen LogP contribution in [0.5, 0.6) is 0 Å². The number of carbonyl (C=O) groups is 2. The number of hydrogen-bond donors (Lipinski definition) is 3. The molecule has 16 heavy (non-hydrogen) atoms. The SMILES string of the molecule is CC[C@H](C)[C@H](NC(=O)C(C)(C)CN)C(=O)O. The molecule has 0 aliphatic carbocycles. The van der Waals surface area contributed by atoms with Gasteiger partial charge in [-0.05, 0) is 19.8 Å². The molecule has 94 valence electrons. The molecule has 0 heterocycles. The van der Waals surface area contributed by atoms with E-state index in [1.54, 1.807) is 20.8 Å². The number of aliphatic carboxylic acids is 1. The quantitative estimate of drug-likeness (QED) is 0.622. The van der Waals surface area contributed by atoms with Crippen LogP contribution in [0.15, 0.2) is 0 Å². The number of carbonyl (C=O) groups excluding carboxylic acids is 1. The van der Waals surface area contributed by atoms with Gasteiger partial charge in [0, 0.05) is 6.54 Å². The smallest absolute Gasteiger partial charge is 0.326 e. The minimum Gasteiger partial charge on any atom is -0.480 e. The zero-order valence-electron chi connectivity index (χ0n) is 10.4. The number of carboxylic acid groups (broad SMARTS) is 1. The van der Waals surface area contributed by atoms with Gasteiger partial charge in [-0.25, -0.2) is 4.79 Å². The Morgan fingerprint density at radius 2 is 1.94 bits per heavy atom. The van der Waals surface area contributed by atoms with Crippen LogP contribution in [0, 0.1) is 11.3 Å². The van der Waals surface area contributed by atoms with E-state index in [0.717, 1.165) is 0 Å². The van der Waals surface area contributed by atoms with Gasteiger partial charge >= 0.3 is 5.97 Å². The van der Waals surface area contributed by atoms with Crippen LogP contribution in [-0.4, -0.2) is 29.6 Å². The van der Waals surface area contributed by atoms with Crippen molar-refractivity contribution in [2.75, 3.05) is 6.54 Å². The van der Waals surface area contributed by atoms with Crippen LogP contribution in [0.1, 0.15) is 34.1 Å². The molecular formula is C11H22N2O3. The van der Waals surface area contributed by atoms with E-state index >= 15 is 0 Å². The first-order valence-electron chi connectivity index (χ1n) is 5.50. The van der Waals surface area contributed by atoms with Crippen molar-refractivity contribution in [1.82, 2.24) is 5.32 Å². The molecule has 0 unspecified atom stereocenters. The molecule has 4 N–H and O–H groups in total. The summed E-state index contributed by atoms with van der Waals surface area (Å²) in [6, 6.07) is -0.844. The van der Waals surface area contributed by atoms with Crippen LogP contribution in [0.2, 0.25) is 0 Å². The normalized spacial score (nSPS) is 15.3. The number of nitrogens with one attached hydrogen (secondary N) is 1. The summed E-state index contributed by atoms with van der Waals surface area (Å²) in [5, 5.41) is 11.6. The first kappa shape index (κ1) is 14.9. The van der Waals surface area contributed by atoms with Crippen molar-refractivity contribution < 1.29 is 14.7 Å². The molecule has 5 nitrogen and oxygen atoms in total. The molecule has 0 aromatic heterocycles. The summed E-state index contributed by atoms with van der Waals surface area (Å²) in [4.78, 5) is 22.8. The Balaban J connectivity index is 4.65. The molecule has 0 rings (SSSR count). The highest BCUT2D eigenvalue weighted by Crippen LogP contribution is 2.15. The summed E-state index contributed by atoms with van der Waals surface area (Å²) >= 11 is 0. The highest BCUT2D eigenvalue weighted by Gasteiger charge is 2.32. The van der Waals surface area contributed by atoms with Gasteiger partial charge in [0.25, 0.3) is 0 Å². The highest BCUT2D eigenvalue weighted by molar-refractivity contribution is 5.87. The summed E-state index contributed by atoms with van der Waals surface area (Å²) < 4.78 is 0. The van der Waals surface area contributed by atoms with Crippen molar-refractivity contribution >= 4 is 11.9 Å². The third-order valence-corrected chi connectivity index (χ3v) is 2.89. The standard InChI is InChI=1S/C11H22N2O3/c1-5-7(2)8(9(14)15)13-10(16)11(3,4)6-12/h7-8H,5-6,12H2,1-4H3,(H,13,16)(H,14,15)/t7-,8-/m0/s1. The van der Waals surface area contributed by atoms with E-state index < -0.39 is 17.4 Å². The molecule has 0 fully saturated rings. The molecular weight excluding hydrogens is 208 g/mol. The Morgan fingerprint density at radius 1 is 1.44 bits per heavy atom. The zero-order chi connectivity index (χ0) is 12.9. The van der Waals surface area contributed by atoms with Crippen LogP contribution < -0.4 is 11.1 Å². The average Bonchev–Trinajstić information content (AvgIpc) is 2.23. The molecule has 2 atom stereocenters. The van der Waals surface area contributed by atoms with Crippen molar-refractivity contribution in [2.24, 2.45) is 17.1 Å². The molecule has 0 radical (unpaired) electrons. The van der Waals surface area contributed by atoms with E-state index in [1.807, 2.05) is 6.92 Å². The largest absolute Gasteiger partial charge is 0.480 e. The fourth-order valence-corrected chi connectivity index (χ4v) is 1.11. The van der Waals surface area contributed by atoms with E-state index in [-0.39, 0.29) is 18.4 Å². The third-order valence-electron chi connectivity index (χ3n) is 2.89. The maximum atomic E-state index is 11.8. The average molecular weight is 230 g/mol.